The number of carbonyl (C=O) groups is 1. The number of amides is 1. The summed E-state index contributed by atoms with van der Waals surface area (Å²) >= 11 is 0. The number of aliphatic hydroxyl groups excluding tert-OH is 1. The van der Waals surface area contributed by atoms with Gasteiger partial charge in [-0.25, -0.2) is 0 Å². The van der Waals surface area contributed by atoms with Gasteiger partial charge in [0.25, 0.3) is 0 Å². The Hall–Kier alpha value is -1.89. The summed E-state index contributed by atoms with van der Waals surface area (Å²) in [4.78, 5) is 14.9. The second-order valence-electron chi connectivity index (χ2n) is 7.12. The van der Waals surface area contributed by atoms with Crippen LogP contribution in [0.3, 0.4) is 0 Å². The topological polar surface area (TPSA) is 70.4 Å². The second kappa shape index (κ2) is 9.35. The minimum absolute atomic E-state index is 0. The van der Waals surface area contributed by atoms with Gasteiger partial charge in [-0.2, -0.15) is 5.10 Å². The van der Waals surface area contributed by atoms with Crippen molar-refractivity contribution in [2.75, 3.05) is 26.2 Å². The fourth-order valence-electron chi connectivity index (χ4n) is 3.63. The predicted molar refractivity (Wildman–Crippen MR) is 108 cm³/mol. The molecular weight excluding hydrogens is 364 g/mol. The molecule has 1 aromatic carbocycles. The van der Waals surface area contributed by atoms with E-state index >= 15 is 0 Å². The first-order valence-corrected chi connectivity index (χ1v) is 9.22. The van der Waals surface area contributed by atoms with Crippen LogP contribution in [0.2, 0.25) is 0 Å². The monoisotopic (exact) mass is 392 g/mol. The molecule has 1 saturated heterocycles. The van der Waals surface area contributed by atoms with Crippen molar-refractivity contribution in [1.29, 1.82) is 0 Å². The van der Waals surface area contributed by atoms with Crippen LogP contribution in [0.1, 0.15) is 35.6 Å². The highest BCUT2D eigenvalue weighted by Gasteiger charge is 2.37. The number of aliphatic hydroxyl groups is 1. The highest BCUT2D eigenvalue weighted by atomic mass is 35.5. The van der Waals surface area contributed by atoms with Crippen molar-refractivity contribution in [2.24, 2.45) is 13.0 Å². The van der Waals surface area contributed by atoms with E-state index in [9.17, 15) is 9.90 Å². The van der Waals surface area contributed by atoms with Crippen LogP contribution in [0.15, 0.2) is 36.7 Å². The van der Waals surface area contributed by atoms with Crippen molar-refractivity contribution in [2.45, 2.75) is 25.9 Å². The van der Waals surface area contributed by atoms with E-state index < -0.39 is 6.10 Å². The molecule has 0 saturated carbocycles. The number of nitrogens with one attached hydrogen (secondary N) is 1. The lowest BCUT2D eigenvalue weighted by molar-refractivity contribution is -0.136. The van der Waals surface area contributed by atoms with Crippen LogP contribution in [0.5, 0.6) is 0 Å². The molecule has 27 heavy (non-hydrogen) atoms. The van der Waals surface area contributed by atoms with E-state index in [1.165, 1.54) is 0 Å². The number of benzene rings is 1. The van der Waals surface area contributed by atoms with Gasteiger partial charge in [0, 0.05) is 38.8 Å². The zero-order chi connectivity index (χ0) is 18.7. The second-order valence-corrected chi connectivity index (χ2v) is 7.12. The van der Waals surface area contributed by atoms with Gasteiger partial charge in [-0.05, 0) is 25.0 Å². The Morgan fingerprint density at radius 3 is 2.67 bits per heavy atom. The van der Waals surface area contributed by atoms with Gasteiger partial charge in [-0.3, -0.25) is 9.48 Å². The van der Waals surface area contributed by atoms with E-state index in [0.717, 1.165) is 23.2 Å². The third kappa shape index (κ3) is 4.89. The number of aromatic nitrogens is 2. The van der Waals surface area contributed by atoms with Crippen LogP contribution in [-0.4, -0.2) is 51.9 Å². The minimum atomic E-state index is -0.675. The number of hydrogen-bond acceptors (Lipinski definition) is 4. The third-order valence-electron chi connectivity index (χ3n) is 5.23. The van der Waals surface area contributed by atoms with Crippen LogP contribution in [0.25, 0.3) is 0 Å². The maximum absolute atomic E-state index is 13.1. The lowest BCUT2D eigenvalue weighted by Crippen LogP contribution is -2.41. The molecule has 7 heteroatoms. The quantitative estimate of drug-likeness (QED) is 0.789. The van der Waals surface area contributed by atoms with E-state index in [-0.39, 0.29) is 30.2 Å². The first-order chi connectivity index (χ1) is 12.5. The first-order valence-electron chi connectivity index (χ1n) is 9.22. The largest absolute Gasteiger partial charge is 0.387 e. The van der Waals surface area contributed by atoms with Gasteiger partial charge in [0.05, 0.1) is 24.8 Å². The Morgan fingerprint density at radius 2 is 2.07 bits per heavy atom. The molecule has 1 aromatic heterocycles. The summed E-state index contributed by atoms with van der Waals surface area (Å²) in [5, 5.41) is 18.1. The molecule has 2 N–H and O–H groups in total. The van der Waals surface area contributed by atoms with Crippen molar-refractivity contribution in [3.05, 3.63) is 53.3 Å². The van der Waals surface area contributed by atoms with Gasteiger partial charge in [-0.15, -0.1) is 12.4 Å². The van der Waals surface area contributed by atoms with E-state index in [1.807, 2.05) is 57.6 Å². The number of likely N-dealkylation sites (N-methyl/N-ethyl adjacent to an activating group) is 1. The van der Waals surface area contributed by atoms with Gasteiger partial charge in [0.15, 0.2) is 0 Å². The van der Waals surface area contributed by atoms with E-state index in [4.69, 9.17) is 0 Å². The number of halogens is 1. The Bertz CT molecular complexity index is 747. The Labute approximate surface area is 167 Å². The highest BCUT2D eigenvalue weighted by Crippen LogP contribution is 2.30. The van der Waals surface area contributed by atoms with Crippen LogP contribution in [0, 0.1) is 12.8 Å². The van der Waals surface area contributed by atoms with E-state index in [2.05, 4.69) is 10.4 Å². The average Bonchev–Trinajstić information content (AvgIpc) is 3.28. The molecule has 1 fully saturated rings. The smallest absolute Gasteiger partial charge is 0.227 e. The number of rotatable bonds is 6. The Morgan fingerprint density at radius 1 is 1.37 bits per heavy atom. The summed E-state index contributed by atoms with van der Waals surface area (Å²) in [6.45, 7) is 6.31. The molecule has 2 aromatic rings. The summed E-state index contributed by atoms with van der Waals surface area (Å²) in [6, 6.07) is 7.81. The van der Waals surface area contributed by atoms with Gasteiger partial charge in [0.1, 0.15) is 0 Å². The average molecular weight is 393 g/mol. The summed E-state index contributed by atoms with van der Waals surface area (Å²) in [6.07, 6.45) is 3.15. The SMILES string of the molecule is CCN(CC(O)c1ccc(C)cc1)C(=O)[C@H]1CNC[C@@H]1c1cnn(C)c1.Cl. The number of carbonyl (C=O) groups excluding carboxylic acids is 1. The van der Waals surface area contributed by atoms with Crippen molar-refractivity contribution in [3.63, 3.8) is 0 Å². The normalized spacial score (nSPS) is 20.1. The van der Waals surface area contributed by atoms with Crippen molar-refractivity contribution < 1.29 is 9.90 Å². The van der Waals surface area contributed by atoms with Gasteiger partial charge in [-0.1, -0.05) is 29.8 Å². The van der Waals surface area contributed by atoms with Crippen LogP contribution < -0.4 is 5.32 Å². The molecule has 3 atom stereocenters. The summed E-state index contributed by atoms with van der Waals surface area (Å²) in [7, 11) is 1.89. The molecule has 1 aliphatic rings. The van der Waals surface area contributed by atoms with Crippen molar-refractivity contribution >= 4 is 18.3 Å². The van der Waals surface area contributed by atoms with E-state index in [0.29, 0.717) is 19.6 Å². The number of aryl methyl sites for hydroxylation is 2. The lowest BCUT2D eigenvalue weighted by atomic mass is 9.89. The fraction of sp³-hybridized carbons (Fsp3) is 0.500. The van der Waals surface area contributed by atoms with E-state index in [1.54, 1.807) is 9.58 Å². The highest BCUT2D eigenvalue weighted by molar-refractivity contribution is 5.85. The molecule has 0 radical (unpaired) electrons. The molecule has 0 bridgehead atoms. The van der Waals surface area contributed by atoms with Crippen molar-refractivity contribution in [1.82, 2.24) is 20.0 Å². The predicted octanol–water partition coefficient (Wildman–Crippen LogP) is 2.04. The Balaban J connectivity index is 0.00000261. The van der Waals surface area contributed by atoms with Gasteiger partial charge in [0.2, 0.25) is 5.91 Å². The molecule has 1 amide bonds. The summed E-state index contributed by atoms with van der Waals surface area (Å²) in [5.41, 5.74) is 3.09. The maximum Gasteiger partial charge on any atom is 0.227 e. The van der Waals surface area contributed by atoms with Crippen LogP contribution in [-0.2, 0) is 11.8 Å². The molecular formula is C20H29ClN4O2. The zero-order valence-electron chi connectivity index (χ0n) is 16.1. The molecule has 6 nitrogen and oxygen atoms in total. The maximum atomic E-state index is 13.1. The molecule has 0 spiro atoms. The van der Waals surface area contributed by atoms with Crippen LogP contribution in [0.4, 0.5) is 0 Å². The third-order valence-corrected chi connectivity index (χ3v) is 5.23. The molecule has 3 rings (SSSR count). The Kier molecular flexibility index (Phi) is 7.41. The molecule has 0 aliphatic carbocycles. The molecule has 1 aliphatic heterocycles. The van der Waals surface area contributed by atoms with Crippen molar-refractivity contribution in [3.8, 4) is 0 Å². The summed E-state index contributed by atoms with van der Waals surface area (Å²) in [5.74, 6) is 0.101. The molecule has 148 valence electrons. The van der Waals surface area contributed by atoms with Gasteiger partial charge >= 0.3 is 0 Å². The fourth-order valence-corrected chi connectivity index (χ4v) is 3.63. The molecule has 2 heterocycles. The lowest BCUT2D eigenvalue weighted by Gasteiger charge is -2.28. The number of hydrogen-bond donors (Lipinski definition) is 2. The zero-order valence-corrected chi connectivity index (χ0v) is 16.9. The number of nitrogens with zero attached hydrogens (tertiary/aromatic N) is 3. The first kappa shape index (κ1) is 21.4. The molecule has 1 unspecified atom stereocenters. The van der Waals surface area contributed by atoms with Gasteiger partial charge < -0.3 is 15.3 Å². The van der Waals surface area contributed by atoms with Crippen LogP contribution >= 0.6 is 12.4 Å². The minimum Gasteiger partial charge on any atom is -0.387 e. The standard InChI is InChI=1S/C20H28N4O2.ClH/c1-4-24(13-19(25)15-7-5-14(2)6-8-15)20(26)18-11-21-10-17(18)16-9-22-23(3)12-16;/h5-9,12,17-19,21,25H,4,10-11,13H2,1-3H3;1H/t17-,18+,19?;/m1./s1. The summed E-state index contributed by atoms with van der Waals surface area (Å²) < 4.78 is 1.77.